The smallest absolute Gasteiger partial charge is 0.248 e. The van der Waals surface area contributed by atoms with Crippen LogP contribution in [-0.4, -0.2) is 79.2 Å². The number of rotatable bonds is 12. The highest BCUT2D eigenvalue weighted by Crippen LogP contribution is 2.33. The number of piperazine rings is 1. The van der Waals surface area contributed by atoms with E-state index in [0.717, 1.165) is 82.8 Å². The summed E-state index contributed by atoms with van der Waals surface area (Å²) in [5.41, 5.74) is 1.63. The molecule has 3 fully saturated rings. The van der Waals surface area contributed by atoms with Crippen molar-refractivity contribution in [3.8, 4) is 11.5 Å². The second-order valence-electron chi connectivity index (χ2n) is 13.0. The van der Waals surface area contributed by atoms with E-state index in [1.165, 1.54) is 6.42 Å². The van der Waals surface area contributed by atoms with Crippen LogP contribution in [0.2, 0.25) is 0 Å². The van der Waals surface area contributed by atoms with E-state index in [0.29, 0.717) is 23.7 Å². The van der Waals surface area contributed by atoms with Crippen LogP contribution in [-0.2, 0) is 26.2 Å². The van der Waals surface area contributed by atoms with Gasteiger partial charge in [-0.1, -0.05) is 44.7 Å². The number of anilines is 1. The number of hydrogen-bond acceptors (Lipinski definition) is 7. The monoisotopic (exact) mass is 676 g/mol. The Bertz CT molecular complexity index is 1390. The number of benzene rings is 2. The molecule has 3 N–H and O–H groups in total. The molecule has 2 saturated heterocycles. The maximum Gasteiger partial charge on any atom is 0.248 e. The van der Waals surface area contributed by atoms with E-state index < -0.39 is 28.2 Å². The number of likely N-dealkylation sites (tertiary alicyclic amines) is 1. The van der Waals surface area contributed by atoms with Crippen molar-refractivity contribution in [1.82, 2.24) is 15.1 Å². The lowest BCUT2D eigenvalue weighted by atomic mass is 9.80. The van der Waals surface area contributed by atoms with Gasteiger partial charge in [-0.15, -0.1) is 12.4 Å². The maximum absolute atomic E-state index is 13.7. The zero-order chi connectivity index (χ0) is 32.0. The molecule has 1 aliphatic carbocycles. The van der Waals surface area contributed by atoms with Crippen molar-refractivity contribution in [1.29, 1.82) is 0 Å². The van der Waals surface area contributed by atoms with Gasteiger partial charge in [0.1, 0.15) is 23.6 Å². The van der Waals surface area contributed by atoms with Crippen LogP contribution in [0.15, 0.2) is 48.5 Å². The van der Waals surface area contributed by atoms with Crippen LogP contribution >= 0.6 is 12.4 Å². The first-order chi connectivity index (χ1) is 21.6. The number of amides is 2. The zero-order valence-electron chi connectivity index (χ0n) is 26.9. The first kappa shape index (κ1) is 36.0. The molecular formula is C34H49ClN4O6S. The first-order valence-corrected chi connectivity index (χ1v) is 18.4. The quantitative estimate of drug-likeness (QED) is 0.291. The topological polar surface area (TPSA) is 128 Å². The molecule has 254 valence electrons. The van der Waals surface area contributed by atoms with Crippen molar-refractivity contribution in [3.05, 3.63) is 54.1 Å². The van der Waals surface area contributed by atoms with Gasteiger partial charge in [0.25, 0.3) is 0 Å². The van der Waals surface area contributed by atoms with Crippen molar-refractivity contribution < 1.29 is 27.9 Å². The van der Waals surface area contributed by atoms with E-state index >= 15 is 0 Å². The lowest BCUT2D eigenvalue weighted by Gasteiger charge is -2.46. The van der Waals surface area contributed by atoms with Crippen molar-refractivity contribution >= 4 is 39.9 Å². The minimum atomic E-state index is -3.33. The van der Waals surface area contributed by atoms with Crippen LogP contribution in [0.1, 0.15) is 70.3 Å². The molecule has 2 amide bonds. The summed E-state index contributed by atoms with van der Waals surface area (Å²) in [6, 6.07) is 13.4. The number of sulfonamides is 1. The largest absolute Gasteiger partial charge is 0.457 e. The Hall–Kier alpha value is -2.86. The van der Waals surface area contributed by atoms with Crippen LogP contribution in [0.4, 0.5) is 5.69 Å². The fourth-order valence-corrected chi connectivity index (χ4v) is 7.64. The van der Waals surface area contributed by atoms with Gasteiger partial charge in [0.05, 0.1) is 12.4 Å². The van der Waals surface area contributed by atoms with Crippen LogP contribution < -0.4 is 14.8 Å². The average Bonchev–Trinajstić information content (AvgIpc) is 3.03. The Labute approximate surface area is 279 Å². The number of piperidine rings is 1. The predicted molar refractivity (Wildman–Crippen MR) is 182 cm³/mol. The molecule has 0 aromatic heterocycles. The molecule has 0 spiro atoms. The number of halogens is 1. The van der Waals surface area contributed by atoms with Gasteiger partial charge in [-0.3, -0.25) is 19.2 Å². The number of nitrogens with zero attached hydrogens (tertiary/aromatic N) is 2. The van der Waals surface area contributed by atoms with Crippen LogP contribution in [0.25, 0.3) is 0 Å². The molecule has 10 nitrogen and oxygen atoms in total. The Morgan fingerprint density at radius 2 is 1.57 bits per heavy atom. The Balaban J connectivity index is 0.00000480. The van der Waals surface area contributed by atoms with E-state index in [1.807, 2.05) is 24.3 Å². The van der Waals surface area contributed by atoms with Gasteiger partial charge < -0.3 is 20.1 Å². The van der Waals surface area contributed by atoms with E-state index in [9.17, 15) is 23.1 Å². The minimum absolute atomic E-state index is 0. The number of unbranched alkanes of at least 4 members (excludes halogenated alkanes) is 1. The van der Waals surface area contributed by atoms with Gasteiger partial charge in [-0.2, -0.15) is 0 Å². The molecular weight excluding hydrogens is 628 g/mol. The van der Waals surface area contributed by atoms with Gasteiger partial charge >= 0.3 is 0 Å². The molecule has 2 aromatic carbocycles. The lowest BCUT2D eigenvalue weighted by Crippen LogP contribution is -2.69. The number of aliphatic hydroxyl groups is 1. The Morgan fingerprint density at radius 1 is 0.957 bits per heavy atom. The molecule has 12 heteroatoms. The molecule has 2 aliphatic heterocycles. The van der Waals surface area contributed by atoms with Gasteiger partial charge in [-0.05, 0) is 99.0 Å². The summed E-state index contributed by atoms with van der Waals surface area (Å²) in [5, 5.41) is 14.1. The molecule has 1 saturated carbocycles. The number of aliphatic hydroxyl groups excluding tert-OH is 1. The Kier molecular flexibility index (Phi) is 12.8. The molecule has 46 heavy (non-hydrogen) atoms. The predicted octanol–water partition coefficient (Wildman–Crippen LogP) is 4.92. The standard InChI is InChI=1S/C34H48N4O6S.ClH/c1-3-4-20-38-31(33(40)35-30(34(38)41)32(39)26-8-6-5-7-9-26)25-18-21-37(22-19-25)23-24-10-14-28(15-11-24)44-29-16-12-27(13-17-29)36-45(2,42)43;/h10-17,25-26,30-32,36,39H,3-9,18-23H2,1-2H3,(H,35,40);1H/t30-,31-,32-;/m1./s1. The van der Waals surface area contributed by atoms with Crippen molar-refractivity contribution in [2.24, 2.45) is 11.8 Å². The van der Waals surface area contributed by atoms with Crippen molar-refractivity contribution in [2.45, 2.75) is 89.4 Å². The number of nitrogens with one attached hydrogen (secondary N) is 2. The highest BCUT2D eigenvalue weighted by atomic mass is 35.5. The van der Waals surface area contributed by atoms with E-state index in [1.54, 1.807) is 29.2 Å². The fraction of sp³-hybridized carbons (Fsp3) is 0.588. The summed E-state index contributed by atoms with van der Waals surface area (Å²) in [7, 11) is -3.33. The SMILES string of the molecule is CCCCN1C(=O)[C@@H]([C@H](O)C2CCCCC2)NC(=O)[C@H]1C1CCN(Cc2ccc(Oc3ccc(NS(C)(=O)=O)cc3)cc2)CC1.Cl. The summed E-state index contributed by atoms with van der Waals surface area (Å²) in [4.78, 5) is 31.5. The van der Waals surface area contributed by atoms with Crippen molar-refractivity contribution in [2.75, 3.05) is 30.6 Å². The van der Waals surface area contributed by atoms with Crippen LogP contribution in [0.5, 0.6) is 11.5 Å². The summed E-state index contributed by atoms with van der Waals surface area (Å²) in [6.07, 6.45) is 8.85. The third kappa shape index (κ3) is 9.36. The third-order valence-corrected chi connectivity index (χ3v) is 10.1. The summed E-state index contributed by atoms with van der Waals surface area (Å²) in [6.45, 7) is 5.10. The van der Waals surface area contributed by atoms with E-state index in [-0.39, 0.29) is 36.1 Å². The van der Waals surface area contributed by atoms with Gasteiger partial charge in [0, 0.05) is 18.8 Å². The summed E-state index contributed by atoms with van der Waals surface area (Å²) in [5.74, 6) is 1.23. The molecule has 0 bridgehead atoms. The van der Waals surface area contributed by atoms with E-state index in [4.69, 9.17) is 4.74 Å². The van der Waals surface area contributed by atoms with Crippen LogP contribution in [0.3, 0.4) is 0 Å². The molecule has 0 unspecified atom stereocenters. The second-order valence-corrected chi connectivity index (χ2v) is 14.7. The Morgan fingerprint density at radius 3 is 2.15 bits per heavy atom. The van der Waals surface area contributed by atoms with Crippen LogP contribution in [0, 0.1) is 11.8 Å². The summed E-state index contributed by atoms with van der Waals surface area (Å²) < 4.78 is 31.2. The number of carbonyl (C=O) groups excluding carboxylic acids is 2. The third-order valence-electron chi connectivity index (χ3n) is 9.48. The molecule has 3 atom stereocenters. The number of carbonyl (C=O) groups is 2. The highest BCUT2D eigenvalue weighted by Gasteiger charge is 2.48. The molecule has 3 aliphatic rings. The van der Waals surface area contributed by atoms with Crippen molar-refractivity contribution in [3.63, 3.8) is 0 Å². The van der Waals surface area contributed by atoms with E-state index in [2.05, 4.69) is 21.9 Å². The van der Waals surface area contributed by atoms with Gasteiger partial charge in [-0.25, -0.2) is 8.42 Å². The molecule has 5 rings (SSSR count). The highest BCUT2D eigenvalue weighted by molar-refractivity contribution is 7.92. The second kappa shape index (κ2) is 16.3. The number of hydrogen-bond donors (Lipinski definition) is 3. The fourth-order valence-electron chi connectivity index (χ4n) is 7.07. The zero-order valence-corrected chi connectivity index (χ0v) is 28.5. The number of ether oxygens (including phenoxy) is 1. The maximum atomic E-state index is 13.7. The molecule has 2 aromatic rings. The summed E-state index contributed by atoms with van der Waals surface area (Å²) >= 11 is 0. The lowest BCUT2D eigenvalue weighted by molar-refractivity contribution is -0.157. The average molecular weight is 677 g/mol. The first-order valence-electron chi connectivity index (χ1n) is 16.5. The van der Waals surface area contributed by atoms with Gasteiger partial charge in [0.15, 0.2) is 0 Å². The molecule has 2 heterocycles. The minimum Gasteiger partial charge on any atom is -0.457 e. The van der Waals surface area contributed by atoms with Gasteiger partial charge in [0.2, 0.25) is 21.8 Å². The normalized spacial score (nSPS) is 22.5. The molecule has 0 radical (unpaired) electrons.